The number of halogens is 2. The van der Waals surface area contributed by atoms with Gasteiger partial charge in [-0.15, -0.1) is 0 Å². The van der Waals surface area contributed by atoms with Gasteiger partial charge >= 0.3 is 11.6 Å². The van der Waals surface area contributed by atoms with Crippen LogP contribution in [0.2, 0.25) is 0 Å². The van der Waals surface area contributed by atoms with E-state index in [1.165, 1.54) is 18.2 Å². The third-order valence-electron chi connectivity index (χ3n) is 3.24. The highest BCUT2D eigenvalue weighted by Crippen LogP contribution is 2.25. The Hall–Kier alpha value is -3.22. The van der Waals surface area contributed by atoms with Gasteiger partial charge in [-0.3, -0.25) is 0 Å². The topological polar surface area (TPSA) is 76.7 Å². The smallest absolute Gasteiger partial charge is 0.344 e. The molecule has 3 rings (SSSR count). The lowest BCUT2D eigenvalue weighted by atomic mass is 10.1. The van der Waals surface area contributed by atoms with Gasteiger partial charge < -0.3 is 14.3 Å². The lowest BCUT2D eigenvalue weighted by Gasteiger charge is -2.06. The molecule has 1 aromatic heterocycles. The van der Waals surface area contributed by atoms with Crippen molar-refractivity contribution in [3.63, 3.8) is 0 Å². The molecule has 0 atom stereocenters. The van der Waals surface area contributed by atoms with Crippen molar-refractivity contribution < 1.29 is 27.8 Å². The van der Waals surface area contributed by atoms with Crippen LogP contribution < -0.4 is 10.4 Å². The lowest BCUT2D eigenvalue weighted by Crippen LogP contribution is -2.09. The molecule has 0 spiro atoms. The fraction of sp³-hybridized carbons (Fsp3) is 0.0588. The number of benzene rings is 2. The number of rotatable bonds is 4. The molecule has 2 aromatic carbocycles. The number of carbonyl (C=O) groups is 1. The molecule has 122 valence electrons. The van der Waals surface area contributed by atoms with Crippen molar-refractivity contribution in [1.82, 2.24) is 0 Å². The molecule has 0 unspecified atom stereocenters. The summed E-state index contributed by atoms with van der Waals surface area (Å²) >= 11 is 0. The van der Waals surface area contributed by atoms with Crippen molar-refractivity contribution in [1.29, 1.82) is 0 Å². The molecule has 1 N–H and O–H groups in total. The van der Waals surface area contributed by atoms with E-state index in [9.17, 15) is 18.4 Å². The van der Waals surface area contributed by atoms with Crippen LogP contribution in [-0.4, -0.2) is 17.7 Å². The molecule has 5 nitrogen and oxygen atoms in total. The first-order valence-corrected chi connectivity index (χ1v) is 6.81. The second-order valence-electron chi connectivity index (χ2n) is 4.99. The van der Waals surface area contributed by atoms with Crippen molar-refractivity contribution in [3.8, 4) is 16.9 Å². The van der Waals surface area contributed by atoms with E-state index in [4.69, 9.17) is 14.3 Å². The van der Waals surface area contributed by atoms with E-state index >= 15 is 0 Å². The van der Waals surface area contributed by atoms with Crippen LogP contribution in [0.5, 0.6) is 5.75 Å². The van der Waals surface area contributed by atoms with Gasteiger partial charge in [0.1, 0.15) is 23.0 Å². The summed E-state index contributed by atoms with van der Waals surface area (Å²) < 4.78 is 36.8. The zero-order valence-electron chi connectivity index (χ0n) is 12.1. The van der Waals surface area contributed by atoms with Crippen molar-refractivity contribution >= 4 is 16.9 Å². The summed E-state index contributed by atoms with van der Waals surface area (Å²) in [6.45, 7) is -0.531. The van der Waals surface area contributed by atoms with Crippen molar-refractivity contribution in [2.24, 2.45) is 0 Å². The van der Waals surface area contributed by atoms with E-state index in [0.717, 1.165) is 12.1 Å². The fourth-order valence-electron chi connectivity index (χ4n) is 2.24. The molecule has 0 fully saturated rings. The maximum Gasteiger partial charge on any atom is 0.344 e. The average Bonchev–Trinajstić information content (AvgIpc) is 2.51. The Morgan fingerprint density at radius 3 is 2.46 bits per heavy atom. The van der Waals surface area contributed by atoms with Gasteiger partial charge in [0.05, 0.1) is 5.56 Å². The molecule has 24 heavy (non-hydrogen) atoms. The number of hydrogen-bond acceptors (Lipinski definition) is 4. The molecule has 0 aliphatic heterocycles. The van der Waals surface area contributed by atoms with Crippen molar-refractivity contribution in [2.45, 2.75) is 0 Å². The maximum absolute atomic E-state index is 13.3. The number of carboxylic acids is 1. The Balaban J connectivity index is 2.06. The first-order chi connectivity index (χ1) is 11.4. The molecule has 0 saturated carbocycles. The van der Waals surface area contributed by atoms with Gasteiger partial charge in [0, 0.05) is 17.5 Å². The van der Waals surface area contributed by atoms with Crippen molar-refractivity contribution in [3.05, 3.63) is 64.5 Å². The number of carboxylic acid groups (broad SMARTS) is 1. The Labute approximate surface area is 133 Å². The standard InChI is InChI=1S/C17H10F2O5/c18-11-3-10(4-12(19)6-11)14-5-9-1-2-13(23-8-16(20)21)7-15(9)24-17(14)22/h1-7H,8H2,(H,20,21). The highest BCUT2D eigenvalue weighted by atomic mass is 19.1. The van der Waals surface area contributed by atoms with E-state index in [2.05, 4.69) is 0 Å². The molecule has 0 amide bonds. The monoisotopic (exact) mass is 332 g/mol. The maximum atomic E-state index is 13.3. The third kappa shape index (κ3) is 3.24. The Morgan fingerprint density at radius 1 is 1.08 bits per heavy atom. The number of fused-ring (bicyclic) bond motifs is 1. The van der Waals surface area contributed by atoms with Crippen LogP contribution in [0.15, 0.2) is 51.7 Å². The predicted molar refractivity (Wildman–Crippen MR) is 81.0 cm³/mol. The summed E-state index contributed by atoms with van der Waals surface area (Å²) in [4.78, 5) is 22.6. The van der Waals surface area contributed by atoms with Gasteiger partial charge in [-0.1, -0.05) is 0 Å². The molecule has 7 heteroatoms. The summed E-state index contributed by atoms with van der Waals surface area (Å²) in [5.74, 6) is -2.53. The molecular formula is C17H10F2O5. The Morgan fingerprint density at radius 2 is 1.79 bits per heavy atom. The fourth-order valence-corrected chi connectivity index (χ4v) is 2.24. The predicted octanol–water partition coefficient (Wildman–Crippen LogP) is 3.20. The van der Waals surface area contributed by atoms with Crippen LogP contribution in [0.4, 0.5) is 8.78 Å². The van der Waals surface area contributed by atoms with Crippen molar-refractivity contribution in [2.75, 3.05) is 6.61 Å². The first kappa shape index (κ1) is 15.7. The molecule has 0 bridgehead atoms. The van der Waals surface area contributed by atoms with E-state index in [1.807, 2.05) is 0 Å². The SMILES string of the molecule is O=C(O)COc1ccc2cc(-c3cc(F)cc(F)c3)c(=O)oc2c1. The molecule has 1 heterocycles. The number of aliphatic carboxylic acids is 1. The Bertz CT molecular complexity index is 974. The lowest BCUT2D eigenvalue weighted by molar-refractivity contribution is -0.139. The van der Waals surface area contributed by atoms with Crippen LogP contribution in [0.25, 0.3) is 22.1 Å². The Kier molecular flexibility index (Phi) is 3.99. The van der Waals surface area contributed by atoms with Crippen LogP contribution in [0.1, 0.15) is 0 Å². The third-order valence-corrected chi connectivity index (χ3v) is 3.24. The quantitative estimate of drug-likeness (QED) is 0.743. The van der Waals surface area contributed by atoms with Gasteiger partial charge in [0.2, 0.25) is 0 Å². The average molecular weight is 332 g/mol. The van der Waals surface area contributed by atoms with E-state index < -0.39 is 29.8 Å². The van der Waals surface area contributed by atoms with Gasteiger partial charge in [0.25, 0.3) is 0 Å². The molecule has 0 aliphatic rings. The van der Waals surface area contributed by atoms with E-state index in [1.54, 1.807) is 6.07 Å². The first-order valence-electron chi connectivity index (χ1n) is 6.81. The minimum absolute atomic E-state index is 0.0140. The molecule has 0 aliphatic carbocycles. The summed E-state index contributed by atoms with van der Waals surface area (Å²) in [7, 11) is 0. The number of ether oxygens (including phenoxy) is 1. The van der Waals surface area contributed by atoms with Crippen LogP contribution >= 0.6 is 0 Å². The summed E-state index contributed by atoms with van der Waals surface area (Å²) in [6, 6.07) is 8.64. The van der Waals surface area contributed by atoms with Crippen LogP contribution in [0.3, 0.4) is 0 Å². The number of hydrogen-bond donors (Lipinski definition) is 1. The van der Waals surface area contributed by atoms with E-state index in [0.29, 0.717) is 11.5 Å². The van der Waals surface area contributed by atoms with Gasteiger partial charge in [-0.05, 0) is 35.9 Å². The zero-order chi connectivity index (χ0) is 17.3. The van der Waals surface area contributed by atoms with E-state index in [-0.39, 0.29) is 22.5 Å². The second-order valence-corrected chi connectivity index (χ2v) is 4.99. The highest BCUT2D eigenvalue weighted by Gasteiger charge is 2.11. The molecular weight excluding hydrogens is 322 g/mol. The molecule has 3 aromatic rings. The minimum Gasteiger partial charge on any atom is -0.482 e. The summed E-state index contributed by atoms with van der Waals surface area (Å²) in [5.41, 5.74) is -0.527. The van der Waals surface area contributed by atoms with Crippen LogP contribution in [0, 0.1) is 11.6 Å². The molecule has 0 radical (unpaired) electrons. The summed E-state index contributed by atoms with van der Waals surface area (Å²) in [6.07, 6.45) is 0. The zero-order valence-corrected chi connectivity index (χ0v) is 12.1. The highest BCUT2D eigenvalue weighted by molar-refractivity contribution is 5.82. The molecule has 0 saturated heterocycles. The van der Waals surface area contributed by atoms with Gasteiger partial charge in [-0.2, -0.15) is 0 Å². The largest absolute Gasteiger partial charge is 0.482 e. The summed E-state index contributed by atoms with van der Waals surface area (Å²) in [5, 5.41) is 9.08. The van der Waals surface area contributed by atoms with Crippen LogP contribution in [-0.2, 0) is 4.79 Å². The second kappa shape index (κ2) is 6.11. The normalized spacial score (nSPS) is 10.8. The van der Waals surface area contributed by atoms with Gasteiger partial charge in [0.15, 0.2) is 6.61 Å². The van der Waals surface area contributed by atoms with Gasteiger partial charge in [-0.25, -0.2) is 18.4 Å². The minimum atomic E-state index is -1.14.